The predicted molar refractivity (Wildman–Crippen MR) is 71.3 cm³/mol. The number of benzene rings is 1. The van der Waals surface area contributed by atoms with Gasteiger partial charge in [-0.05, 0) is 25.0 Å². The van der Waals surface area contributed by atoms with Gasteiger partial charge in [0.15, 0.2) is 0 Å². The van der Waals surface area contributed by atoms with Crippen molar-refractivity contribution in [3.8, 4) is 0 Å². The first-order chi connectivity index (χ1) is 8.27. The Morgan fingerprint density at radius 3 is 3.06 bits per heavy atom. The maximum absolute atomic E-state index is 12.5. The normalized spacial score (nSPS) is 27.2. The summed E-state index contributed by atoms with van der Waals surface area (Å²) in [5.41, 5.74) is 2.39. The maximum atomic E-state index is 12.5. The van der Waals surface area contributed by atoms with Crippen LogP contribution in [0.5, 0.6) is 0 Å². The van der Waals surface area contributed by atoms with Gasteiger partial charge in [-0.3, -0.25) is 10.1 Å². The van der Waals surface area contributed by atoms with Crippen LogP contribution in [0.2, 0.25) is 0 Å². The Kier molecular flexibility index (Phi) is 2.84. The van der Waals surface area contributed by atoms with E-state index >= 15 is 0 Å². The van der Waals surface area contributed by atoms with Crippen molar-refractivity contribution < 1.29 is 4.79 Å². The summed E-state index contributed by atoms with van der Waals surface area (Å²) >= 11 is 1.79. The molecule has 1 fully saturated rings. The topological polar surface area (TPSA) is 32.3 Å². The van der Waals surface area contributed by atoms with Gasteiger partial charge in [0, 0.05) is 23.4 Å². The Morgan fingerprint density at radius 2 is 2.29 bits per heavy atom. The first kappa shape index (κ1) is 11.1. The molecule has 4 heteroatoms. The predicted octanol–water partition coefficient (Wildman–Crippen LogP) is 1.63. The maximum Gasteiger partial charge on any atom is 0.245 e. The van der Waals surface area contributed by atoms with E-state index in [4.69, 9.17) is 0 Å². The molecule has 1 N–H and O–H groups in total. The molecule has 0 bridgehead atoms. The lowest BCUT2D eigenvalue weighted by atomic mass is 10.1. The van der Waals surface area contributed by atoms with Crippen LogP contribution in [-0.2, 0) is 11.2 Å². The molecule has 3 nitrogen and oxygen atoms in total. The van der Waals surface area contributed by atoms with Gasteiger partial charge in [0.25, 0.3) is 0 Å². The third kappa shape index (κ3) is 1.85. The molecule has 0 saturated carbocycles. The summed E-state index contributed by atoms with van der Waals surface area (Å²) in [7, 11) is 0. The number of nitrogens with zero attached hydrogens (tertiary/aromatic N) is 1. The molecule has 0 aromatic heterocycles. The van der Waals surface area contributed by atoms with Crippen LogP contribution in [0.3, 0.4) is 0 Å². The molecule has 0 radical (unpaired) electrons. The van der Waals surface area contributed by atoms with Gasteiger partial charge in [-0.2, -0.15) is 0 Å². The molecule has 0 spiro atoms. The highest BCUT2D eigenvalue weighted by Crippen LogP contribution is 2.32. The van der Waals surface area contributed by atoms with Crippen LogP contribution in [-0.4, -0.2) is 29.6 Å². The highest BCUT2D eigenvalue weighted by atomic mass is 32.2. The average Bonchev–Trinajstić information content (AvgIpc) is 2.94. The molecule has 1 aromatic rings. The van der Waals surface area contributed by atoms with Crippen LogP contribution in [0.1, 0.15) is 12.5 Å². The second-order valence-corrected chi connectivity index (χ2v) is 5.69. The van der Waals surface area contributed by atoms with Gasteiger partial charge in [0.2, 0.25) is 5.91 Å². The molecule has 2 aliphatic rings. The minimum atomic E-state index is -0.00592. The van der Waals surface area contributed by atoms with Crippen LogP contribution in [0.4, 0.5) is 5.69 Å². The standard InChI is InChI=1S/C13H16N2OS/c1-9-6-10-4-2-3-5-12(10)15(9)13(16)11-7-17-8-14-11/h2-5,9,11,14H,6-8H2,1H3. The van der Waals surface area contributed by atoms with Gasteiger partial charge in [-0.25, -0.2) is 0 Å². The van der Waals surface area contributed by atoms with E-state index in [9.17, 15) is 4.79 Å². The smallest absolute Gasteiger partial charge is 0.245 e. The van der Waals surface area contributed by atoms with E-state index in [2.05, 4.69) is 24.4 Å². The van der Waals surface area contributed by atoms with Crippen LogP contribution in [0.25, 0.3) is 0 Å². The first-order valence-electron chi connectivity index (χ1n) is 5.99. The number of anilines is 1. The Morgan fingerprint density at radius 1 is 1.47 bits per heavy atom. The zero-order valence-corrected chi connectivity index (χ0v) is 10.7. The molecule has 17 heavy (non-hydrogen) atoms. The average molecular weight is 248 g/mol. The summed E-state index contributed by atoms with van der Waals surface area (Å²) < 4.78 is 0. The van der Waals surface area contributed by atoms with E-state index in [0.717, 1.165) is 23.7 Å². The number of nitrogens with one attached hydrogen (secondary N) is 1. The fourth-order valence-electron chi connectivity index (χ4n) is 2.62. The van der Waals surface area contributed by atoms with Crippen molar-refractivity contribution in [2.24, 2.45) is 0 Å². The van der Waals surface area contributed by atoms with Gasteiger partial charge < -0.3 is 4.90 Å². The first-order valence-corrected chi connectivity index (χ1v) is 7.15. The summed E-state index contributed by atoms with van der Waals surface area (Å²) in [6, 6.07) is 8.51. The second-order valence-electron chi connectivity index (χ2n) is 4.66. The molecular weight excluding hydrogens is 232 g/mol. The monoisotopic (exact) mass is 248 g/mol. The lowest BCUT2D eigenvalue weighted by Gasteiger charge is -2.25. The third-order valence-electron chi connectivity index (χ3n) is 3.46. The minimum absolute atomic E-state index is 0.00592. The van der Waals surface area contributed by atoms with Crippen LogP contribution >= 0.6 is 11.8 Å². The Balaban J connectivity index is 1.89. The quantitative estimate of drug-likeness (QED) is 0.820. The molecule has 1 amide bonds. The fourth-order valence-corrected chi connectivity index (χ4v) is 3.56. The Labute approximate surface area is 106 Å². The lowest BCUT2D eigenvalue weighted by molar-refractivity contribution is -0.120. The second kappa shape index (κ2) is 4.35. The summed E-state index contributed by atoms with van der Waals surface area (Å²) in [5, 5.41) is 3.26. The molecule has 2 heterocycles. The summed E-state index contributed by atoms with van der Waals surface area (Å²) in [4.78, 5) is 14.4. The van der Waals surface area contributed by atoms with E-state index in [1.165, 1.54) is 5.56 Å². The van der Waals surface area contributed by atoms with Crippen molar-refractivity contribution in [2.45, 2.75) is 25.4 Å². The van der Waals surface area contributed by atoms with Gasteiger partial charge >= 0.3 is 0 Å². The summed E-state index contributed by atoms with van der Waals surface area (Å²) in [6.07, 6.45) is 0.974. The molecule has 90 valence electrons. The Hall–Kier alpha value is -1.000. The third-order valence-corrected chi connectivity index (χ3v) is 4.40. The number of amides is 1. The molecular formula is C13H16N2OS. The van der Waals surface area contributed by atoms with E-state index in [1.54, 1.807) is 11.8 Å². The van der Waals surface area contributed by atoms with Gasteiger partial charge in [0.1, 0.15) is 0 Å². The molecule has 2 aliphatic heterocycles. The van der Waals surface area contributed by atoms with E-state index in [1.807, 2.05) is 17.0 Å². The lowest BCUT2D eigenvalue weighted by Crippen LogP contribution is -2.47. The van der Waals surface area contributed by atoms with E-state index in [0.29, 0.717) is 0 Å². The van der Waals surface area contributed by atoms with Crippen molar-refractivity contribution >= 4 is 23.4 Å². The minimum Gasteiger partial charge on any atom is -0.308 e. The SMILES string of the molecule is CC1Cc2ccccc2N1C(=O)C1CSCN1. The number of para-hydroxylation sites is 1. The van der Waals surface area contributed by atoms with Gasteiger partial charge in [-0.1, -0.05) is 18.2 Å². The van der Waals surface area contributed by atoms with Crippen molar-refractivity contribution in [1.82, 2.24) is 5.32 Å². The molecule has 3 rings (SSSR count). The van der Waals surface area contributed by atoms with Crippen molar-refractivity contribution in [3.05, 3.63) is 29.8 Å². The van der Waals surface area contributed by atoms with Crippen molar-refractivity contribution in [3.63, 3.8) is 0 Å². The Bertz CT molecular complexity index is 443. The number of carbonyl (C=O) groups is 1. The van der Waals surface area contributed by atoms with E-state index < -0.39 is 0 Å². The number of fused-ring (bicyclic) bond motifs is 1. The summed E-state index contributed by atoms with van der Waals surface area (Å²) in [5.74, 6) is 2.01. The fraction of sp³-hybridized carbons (Fsp3) is 0.462. The summed E-state index contributed by atoms with van der Waals surface area (Å²) in [6.45, 7) is 2.12. The number of hydrogen-bond donors (Lipinski definition) is 1. The largest absolute Gasteiger partial charge is 0.308 e. The molecule has 2 unspecified atom stereocenters. The zero-order chi connectivity index (χ0) is 11.8. The van der Waals surface area contributed by atoms with Crippen LogP contribution in [0.15, 0.2) is 24.3 Å². The van der Waals surface area contributed by atoms with Crippen molar-refractivity contribution in [2.75, 3.05) is 16.5 Å². The number of rotatable bonds is 1. The highest BCUT2D eigenvalue weighted by molar-refractivity contribution is 7.99. The number of carbonyl (C=O) groups excluding carboxylic acids is 1. The molecule has 0 aliphatic carbocycles. The molecule has 1 saturated heterocycles. The van der Waals surface area contributed by atoms with Crippen LogP contribution < -0.4 is 10.2 Å². The molecule has 1 aromatic carbocycles. The van der Waals surface area contributed by atoms with Crippen molar-refractivity contribution in [1.29, 1.82) is 0 Å². The van der Waals surface area contributed by atoms with Crippen LogP contribution in [0, 0.1) is 0 Å². The van der Waals surface area contributed by atoms with Gasteiger partial charge in [-0.15, -0.1) is 11.8 Å². The zero-order valence-electron chi connectivity index (χ0n) is 9.85. The number of thioether (sulfide) groups is 1. The highest BCUT2D eigenvalue weighted by Gasteiger charge is 2.35. The molecule has 2 atom stereocenters. The number of hydrogen-bond acceptors (Lipinski definition) is 3. The van der Waals surface area contributed by atoms with Gasteiger partial charge in [0.05, 0.1) is 6.04 Å². The van der Waals surface area contributed by atoms with E-state index in [-0.39, 0.29) is 18.0 Å².